The van der Waals surface area contributed by atoms with Gasteiger partial charge in [-0.25, -0.2) is 0 Å². The van der Waals surface area contributed by atoms with E-state index in [1.54, 1.807) is 7.11 Å². The third-order valence-corrected chi connectivity index (χ3v) is 5.80. The van der Waals surface area contributed by atoms with Gasteiger partial charge in [-0.15, -0.1) is 0 Å². The highest BCUT2D eigenvalue weighted by Gasteiger charge is 2.23. The third kappa shape index (κ3) is 7.19. The maximum absolute atomic E-state index is 6.13. The van der Waals surface area contributed by atoms with Crippen LogP contribution in [0.25, 0.3) is 0 Å². The molecule has 2 fully saturated rings. The van der Waals surface area contributed by atoms with Crippen LogP contribution in [0.15, 0.2) is 29.3 Å². The van der Waals surface area contributed by atoms with Crippen LogP contribution in [0.4, 0.5) is 0 Å². The summed E-state index contributed by atoms with van der Waals surface area (Å²) >= 11 is 0. The number of guanidine groups is 1. The van der Waals surface area contributed by atoms with E-state index in [2.05, 4.69) is 27.3 Å². The smallest absolute Gasteiger partial charge is 0.193 e. The van der Waals surface area contributed by atoms with Gasteiger partial charge in [0.1, 0.15) is 5.75 Å². The van der Waals surface area contributed by atoms with Crippen LogP contribution < -0.4 is 10.1 Å². The molecule has 6 heteroatoms. The van der Waals surface area contributed by atoms with Gasteiger partial charge in [-0.2, -0.15) is 0 Å². The Morgan fingerprint density at radius 3 is 2.83 bits per heavy atom. The van der Waals surface area contributed by atoms with Crippen molar-refractivity contribution in [2.75, 3.05) is 47.0 Å². The van der Waals surface area contributed by atoms with Crippen molar-refractivity contribution in [1.82, 2.24) is 10.2 Å². The molecule has 1 aromatic carbocycles. The number of ether oxygens (including phenoxy) is 3. The van der Waals surface area contributed by atoms with Gasteiger partial charge in [-0.05, 0) is 62.6 Å². The number of hydrogen-bond acceptors (Lipinski definition) is 4. The van der Waals surface area contributed by atoms with Gasteiger partial charge < -0.3 is 24.4 Å². The number of likely N-dealkylation sites (tertiary alicyclic amines) is 1. The lowest BCUT2D eigenvalue weighted by atomic mass is 10.1. The summed E-state index contributed by atoms with van der Waals surface area (Å²) in [7, 11) is 3.58. The average Bonchev–Trinajstić information content (AvgIpc) is 2.79. The molecule has 2 aliphatic rings. The molecule has 0 amide bonds. The molecule has 0 aliphatic carbocycles. The van der Waals surface area contributed by atoms with Crippen LogP contribution in [0.2, 0.25) is 0 Å². The van der Waals surface area contributed by atoms with Gasteiger partial charge in [0.25, 0.3) is 0 Å². The molecular weight excluding hydrogens is 366 g/mol. The van der Waals surface area contributed by atoms with Crippen molar-refractivity contribution in [3.05, 3.63) is 29.8 Å². The van der Waals surface area contributed by atoms with Crippen LogP contribution in [0.5, 0.6) is 5.75 Å². The van der Waals surface area contributed by atoms with Crippen molar-refractivity contribution in [2.24, 2.45) is 4.99 Å². The maximum Gasteiger partial charge on any atom is 0.193 e. The molecule has 2 aliphatic heterocycles. The highest BCUT2D eigenvalue weighted by molar-refractivity contribution is 5.79. The molecule has 0 radical (unpaired) electrons. The van der Waals surface area contributed by atoms with Gasteiger partial charge in [0.2, 0.25) is 0 Å². The number of aliphatic imine (C=N–C) groups is 1. The van der Waals surface area contributed by atoms with E-state index in [0.717, 1.165) is 76.7 Å². The Hall–Kier alpha value is -1.79. The fourth-order valence-corrected chi connectivity index (χ4v) is 4.07. The van der Waals surface area contributed by atoms with Crippen molar-refractivity contribution >= 4 is 5.96 Å². The van der Waals surface area contributed by atoms with Crippen LogP contribution in [0.1, 0.15) is 44.1 Å². The van der Waals surface area contributed by atoms with E-state index < -0.39 is 0 Å². The topological polar surface area (TPSA) is 55.3 Å². The van der Waals surface area contributed by atoms with Crippen LogP contribution >= 0.6 is 0 Å². The first-order valence-electron chi connectivity index (χ1n) is 11.1. The molecule has 6 nitrogen and oxygen atoms in total. The molecule has 0 saturated carbocycles. The Bertz CT molecular complexity index is 624. The van der Waals surface area contributed by atoms with Gasteiger partial charge in [0.15, 0.2) is 5.96 Å². The largest absolute Gasteiger partial charge is 0.497 e. The average molecular weight is 404 g/mol. The number of nitrogens with one attached hydrogen (secondary N) is 1. The molecule has 2 saturated heterocycles. The summed E-state index contributed by atoms with van der Waals surface area (Å²) in [5.74, 6) is 1.93. The van der Waals surface area contributed by atoms with E-state index in [1.807, 2.05) is 19.2 Å². The molecule has 1 unspecified atom stereocenters. The fourth-order valence-electron chi connectivity index (χ4n) is 4.07. The summed E-state index contributed by atoms with van der Waals surface area (Å²) in [5, 5.41) is 3.52. The number of benzene rings is 1. The molecular formula is C23H37N3O3. The lowest BCUT2D eigenvalue weighted by Gasteiger charge is -2.35. The van der Waals surface area contributed by atoms with Crippen molar-refractivity contribution in [1.29, 1.82) is 0 Å². The minimum atomic E-state index is 0.306. The van der Waals surface area contributed by atoms with E-state index in [4.69, 9.17) is 14.2 Å². The van der Waals surface area contributed by atoms with E-state index >= 15 is 0 Å². The van der Waals surface area contributed by atoms with E-state index in [0.29, 0.717) is 12.2 Å². The number of piperidine rings is 1. The second-order valence-corrected chi connectivity index (χ2v) is 7.94. The van der Waals surface area contributed by atoms with E-state index in [-0.39, 0.29) is 0 Å². The van der Waals surface area contributed by atoms with Crippen molar-refractivity contribution < 1.29 is 14.2 Å². The Morgan fingerprint density at radius 1 is 1.24 bits per heavy atom. The van der Waals surface area contributed by atoms with Crippen molar-refractivity contribution in [2.45, 2.75) is 57.2 Å². The van der Waals surface area contributed by atoms with Gasteiger partial charge in [0, 0.05) is 33.3 Å². The second kappa shape index (κ2) is 12.0. The van der Waals surface area contributed by atoms with Crippen LogP contribution in [-0.2, 0) is 15.9 Å². The summed E-state index contributed by atoms with van der Waals surface area (Å²) in [6.45, 7) is 4.55. The standard InChI is InChI=1S/C23H37N3O3/c1-24-23(25-13-6-8-19-7-5-10-21(17-19)27-2)26-14-11-20(12-15-26)29-18-22-9-3-4-16-28-22/h5,7,10,17,20,22H,3-4,6,8-9,11-16,18H2,1-2H3,(H,24,25). The van der Waals surface area contributed by atoms with E-state index in [1.165, 1.54) is 18.4 Å². The normalized spacial score (nSPS) is 21.2. The molecule has 3 rings (SSSR count). The highest BCUT2D eigenvalue weighted by Crippen LogP contribution is 2.18. The Kier molecular flexibility index (Phi) is 9.09. The first-order valence-corrected chi connectivity index (χ1v) is 11.1. The maximum atomic E-state index is 6.13. The zero-order valence-electron chi connectivity index (χ0n) is 18.1. The van der Waals surface area contributed by atoms with Crippen LogP contribution in [-0.4, -0.2) is 70.1 Å². The number of rotatable bonds is 8. The van der Waals surface area contributed by atoms with Gasteiger partial charge >= 0.3 is 0 Å². The number of hydrogen-bond donors (Lipinski definition) is 1. The van der Waals surface area contributed by atoms with Crippen LogP contribution in [0, 0.1) is 0 Å². The Labute approximate surface area is 175 Å². The molecule has 2 heterocycles. The molecule has 1 aromatic rings. The molecule has 0 aromatic heterocycles. The first-order chi connectivity index (χ1) is 14.3. The van der Waals surface area contributed by atoms with Crippen molar-refractivity contribution in [3.63, 3.8) is 0 Å². The molecule has 1 atom stereocenters. The first kappa shape index (κ1) is 21.9. The zero-order valence-corrected chi connectivity index (χ0v) is 18.1. The van der Waals surface area contributed by atoms with Crippen molar-refractivity contribution in [3.8, 4) is 5.75 Å². The minimum Gasteiger partial charge on any atom is -0.497 e. The summed E-state index contributed by atoms with van der Waals surface area (Å²) < 4.78 is 17.2. The summed E-state index contributed by atoms with van der Waals surface area (Å²) in [6.07, 6.45) is 8.46. The predicted molar refractivity (Wildman–Crippen MR) is 117 cm³/mol. The van der Waals surface area contributed by atoms with Gasteiger partial charge in [-0.1, -0.05) is 12.1 Å². The number of aryl methyl sites for hydroxylation is 1. The third-order valence-electron chi connectivity index (χ3n) is 5.80. The fraction of sp³-hybridized carbons (Fsp3) is 0.696. The lowest BCUT2D eigenvalue weighted by molar-refractivity contribution is -0.0721. The molecule has 162 valence electrons. The van der Waals surface area contributed by atoms with E-state index in [9.17, 15) is 0 Å². The lowest BCUT2D eigenvalue weighted by Crippen LogP contribution is -2.47. The second-order valence-electron chi connectivity index (χ2n) is 7.94. The molecule has 29 heavy (non-hydrogen) atoms. The quantitative estimate of drug-likeness (QED) is 0.410. The van der Waals surface area contributed by atoms with Gasteiger partial charge in [0.05, 0.1) is 25.9 Å². The summed E-state index contributed by atoms with van der Waals surface area (Å²) in [6, 6.07) is 8.30. The summed E-state index contributed by atoms with van der Waals surface area (Å²) in [4.78, 5) is 6.83. The van der Waals surface area contributed by atoms with Gasteiger partial charge in [-0.3, -0.25) is 4.99 Å². The SMILES string of the molecule is CN=C(NCCCc1cccc(OC)c1)N1CCC(OCC2CCCCO2)CC1. The Morgan fingerprint density at radius 2 is 2.10 bits per heavy atom. The molecule has 0 bridgehead atoms. The number of methoxy groups -OCH3 is 1. The zero-order chi connectivity index (χ0) is 20.3. The molecule has 0 spiro atoms. The minimum absolute atomic E-state index is 0.306. The highest BCUT2D eigenvalue weighted by atomic mass is 16.5. The Balaban J connectivity index is 1.32. The number of nitrogens with zero attached hydrogens (tertiary/aromatic N) is 2. The summed E-state index contributed by atoms with van der Waals surface area (Å²) in [5.41, 5.74) is 1.31. The molecule has 1 N–H and O–H groups in total. The predicted octanol–water partition coefficient (Wildman–Crippen LogP) is 3.25. The monoisotopic (exact) mass is 403 g/mol. The van der Waals surface area contributed by atoms with Crippen LogP contribution in [0.3, 0.4) is 0 Å².